The van der Waals surface area contributed by atoms with Crippen LogP contribution >= 0.6 is 0 Å². The highest BCUT2D eigenvalue weighted by Gasteiger charge is 2.14. The zero-order chi connectivity index (χ0) is 13.0. The molecule has 18 heavy (non-hydrogen) atoms. The molecule has 2 atom stereocenters. The van der Waals surface area contributed by atoms with Gasteiger partial charge in [-0.2, -0.15) is 0 Å². The molecule has 2 N–H and O–H groups in total. The van der Waals surface area contributed by atoms with Gasteiger partial charge in [-0.05, 0) is 18.1 Å². The van der Waals surface area contributed by atoms with Crippen LogP contribution in [0.3, 0.4) is 0 Å². The van der Waals surface area contributed by atoms with E-state index in [0.717, 1.165) is 16.7 Å². The number of rotatable bonds is 4. The molecule has 0 spiro atoms. The maximum Gasteiger partial charge on any atom is 0.0818 e. The van der Waals surface area contributed by atoms with Crippen LogP contribution in [0.15, 0.2) is 54.6 Å². The van der Waals surface area contributed by atoms with Crippen molar-refractivity contribution in [1.82, 2.24) is 0 Å². The molecule has 2 nitrogen and oxygen atoms in total. The summed E-state index contributed by atoms with van der Waals surface area (Å²) in [6, 6.07) is 17.1. The number of hydrogen-bond acceptors (Lipinski definition) is 2. The molecule has 2 aromatic rings. The van der Waals surface area contributed by atoms with Crippen LogP contribution in [0.5, 0.6) is 0 Å². The molecule has 0 radical (unpaired) electrons. The normalized spacial score (nSPS) is 14.2. The van der Waals surface area contributed by atoms with Crippen LogP contribution in [0.25, 0.3) is 0 Å². The highest BCUT2D eigenvalue weighted by atomic mass is 16.3. The average Bonchev–Trinajstić information content (AvgIpc) is 2.40. The third-order valence-corrected chi connectivity index (χ3v) is 3.09. The van der Waals surface area contributed by atoms with Gasteiger partial charge in [0.25, 0.3) is 0 Å². The van der Waals surface area contributed by atoms with E-state index in [0.29, 0.717) is 6.42 Å². The average molecular weight is 242 g/mol. The summed E-state index contributed by atoms with van der Waals surface area (Å²) in [6.07, 6.45) is -0.962. The minimum absolute atomic E-state index is 0.313. The van der Waals surface area contributed by atoms with E-state index < -0.39 is 12.2 Å². The first-order valence-electron chi connectivity index (χ1n) is 6.14. The smallest absolute Gasteiger partial charge is 0.0818 e. The third kappa shape index (κ3) is 3.19. The molecular weight excluding hydrogens is 224 g/mol. The van der Waals surface area contributed by atoms with Gasteiger partial charge in [-0.3, -0.25) is 0 Å². The molecule has 0 fully saturated rings. The summed E-state index contributed by atoms with van der Waals surface area (Å²) in [5, 5.41) is 20.1. The van der Waals surface area contributed by atoms with Crippen molar-refractivity contribution in [1.29, 1.82) is 0 Å². The van der Waals surface area contributed by atoms with Crippen molar-refractivity contribution in [3.05, 3.63) is 71.3 Å². The summed E-state index contributed by atoms with van der Waals surface area (Å²) in [5.74, 6) is 0. The lowest BCUT2D eigenvalue weighted by molar-refractivity contribution is 0.0804. The van der Waals surface area contributed by atoms with Crippen LogP contribution < -0.4 is 0 Å². The Bertz CT molecular complexity index is 476. The first-order chi connectivity index (χ1) is 8.66. The Balaban J connectivity index is 2.03. The van der Waals surface area contributed by atoms with Crippen molar-refractivity contribution in [3.8, 4) is 0 Å². The van der Waals surface area contributed by atoms with Crippen LogP contribution in [0.4, 0.5) is 0 Å². The lowest BCUT2D eigenvalue weighted by Crippen LogP contribution is -2.05. The van der Waals surface area contributed by atoms with Crippen molar-refractivity contribution >= 4 is 0 Å². The highest BCUT2D eigenvalue weighted by molar-refractivity contribution is 5.24. The standard InChI is InChI=1S/C16H18O2/c1-12-7-9-14(10-8-12)16(18)11-15(17)13-5-3-2-4-6-13/h2-10,15-18H,11H2,1H3. The van der Waals surface area contributed by atoms with E-state index in [2.05, 4.69) is 0 Å². The zero-order valence-electron chi connectivity index (χ0n) is 10.5. The largest absolute Gasteiger partial charge is 0.388 e. The molecule has 0 heterocycles. The maximum absolute atomic E-state index is 10.1. The Kier molecular flexibility index (Phi) is 4.13. The lowest BCUT2D eigenvalue weighted by Gasteiger charge is -2.16. The number of aliphatic hydroxyl groups excluding tert-OH is 2. The first-order valence-corrected chi connectivity index (χ1v) is 6.14. The first kappa shape index (κ1) is 12.8. The number of hydrogen-bond donors (Lipinski definition) is 2. The van der Waals surface area contributed by atoms with Gasteiger partial charge in [0.1, 0.15) is 0 Å². The second kappa shape index (κ2) is 5.80. The molecule has 2 unspecified atom stereocenters. The van der Waals surface area contributed by atoms with Crippen LogP contribution in [0.2, 0.25) is 0 Å². The predicted molar refractivity (Wildman–Crippen MR) is 72.2 cm³/mol. The van der Waals surface area contributed by atoms with Gasteiger partial charge in [0.05, 0.1) is 12.2 Å². The van der Waals surface area contributed by atoms with Gasteiger partial charge in [-0.25, -0.2) is 0 Å². The summed E-state index contributed by atoms with van der Waals surface area (Å²) in [5.41, 5.74) is 2.84. The molecule has 0 aliphatic rings. The van der Waals surface area contributed by atoms with E-state index in [9.17, 15) is 10.2 Å². The molecule has 0 aromatic heterocycles. The van der Waals surface area contributed by atoms with Crippen LogP contribution in [-0.2, 0) is 0 Å². The van der Waals surface area contributed by atoms with Gasteiger partial charge >= 0.3 is 0 Å². The SMILES string of the molecule is Cc1ccc(C(O)CC(O)c2ccccc2)cc1. The topological polar surface area (TPSA) is 40.5 Å². The Morgan fingerprint density at radius 3 is 1.83 bits per heavy atom. The van der Waals surface area contributed by atoms with Gasteiger partial charge in [-0.1, -0.05) is 60.2 Å². The monoisotopic (exact) mass is 242 g/mol. The van der Waals surface area contributed by atoms with Gasteiger partial charge in [0.2, 0.25) is 0 Å². The van der Waals surface area contributed by atoms with Crippen molar-refractivity contribution in [3.63, 3.8) is 0 Å². The molecule has 0 bridgehead atoms. The second-order valence-corrected chi connectivity index (χ2v) is 4.59. The summed E-state index contributed by atoms with van der Waals surface area (Å²) in [6.45, 7) is 2.01. The zero-order valence-corrected chi connectivity index (χ0v) is 10.5. The van der Waals surface area contributed by atoms with Crippen molar-refractivity contribution in [2.24, 2.45) is 0 Å². The molecule has 2 rings (SSSR count). The number of benzene rings is 2. The van der Waals surface area contributed by atoms with E-state index in [-0.39, 0.29) is 0 Å². The fraction of sp³-hybridized carbons (Fsp3) is 0.250. The Labute approximate surface area is 108 Å². The highest BCUT2D eigenvalue weighted by Crippen LogP contribution is 2.26. The Morgan fingerprint density at radius 2 is 1.28 bits per heavy atom. The van der Waals surface area contributed by atoms with Gasteiger partial charge in [0, 0.05) is 6.42 Å². The Morgan fingerprint density at radius 1 is 0.778 bits per heavy atom. The fourth-order valence-electron chi connectivity index (χ4n) is 1.95. The number of aryl methyl sites for hydroxylation is 1. The van der Waals surface area contributed by atoms with Crippen molar-refractivity contribution < 1.29 is 10.2 Å². The molecule has 0 saturated heterocycles. The van der Waals surface area contributed by atoms with E-state index in [1.54, 1.807) is 0 Å². The van der Waals surface area contributed by atoms with E-state index in [1.165, 1.54) is 0 Å². The fourth-order valence-corrected chi connectivity index (χ4v) is 1.95. The van der Waals surface area contributed by atoms with Crippen molar-refractivity contribution in [2.45, 2.75) is 25.6 Å². The summed E-state index contributed by atoms with van der Waals surface area (Å²) < 4.78 is 0. The van der Waals surface area contributed by atoms with Gasteiger partial charge in [-0.15, -0.1) is 0 Å². The van der Waals surface area contributed by atoms with Crippen LogP contribution in [0.1, 0.15) is 35.3 Å². The van der Waals surface area contributed by atoms with E-state index in [4.69, 9.17) is 0 Å². The molecule has 0 aliphatic heterocycles. The molecule has 0 amide bonds. The molecule has 94 valence electrons. The third-order valence-electron chi connectivity index (χ3n) is 3.09. The van der Waals surface area contributed by atoms with E-state index >= 15 is 0 Å². The quantitative estimate of drug-likeness (QED) is 0.864. The molecule has 0 saturated carbocycles. The predicted octanol–water partition coefficient (Wildman–Crippen LogP) is 3.15. The molecule has 0 aliphatic carbocycles. The summed E-state index contributed by atoms with van der Waals surface area (Å²) in [7, 11) is 0. The van der Waals surface area contributed by atoms with Crippen molar-refractivity contribution in [2.75, 3.05) is 0 Å². The molecule has 2 heteroatoms. The van der Waals surface area contributed by atoms with Crippen LogP contribution in [-0.4, -0.2) is 10.2 Å². The molecular formula is C16H18O2. The summed E-state index contributed by atoms with van der Waals surface area (Å²) in [4.78, 5) is 0. The number of aliphatic hydroxyl groups is 2. The minimum atomic E-state index is -0.638. The Hall–Kier alpha value is -1.64. The van der Waals surface area contributed by atoms with Gasteiger partial charge in [0.15, 0.2) is 0 Å². The minimum Gasteiger partial charge on any atom is -0.388 e. The lowest BCUT2D eigenvalue weighted by atomic mass is 9.98. The maximum atomic E-state index is 10.1. The second-order valence-electron chi connectivity index (χ2n) is 4.59. The molecule has 2 aromatic carbocycles. The van der Waals surface area contributed by atoms with Crippen LogP contribution in [0, 0.1) is 6.92 Å². The van der Waals surface area contributed by atoms with E-state index in [1.807, 2.05) is 61.5 Å². The van der Waals surface area contributed by atoms with Gasteiger partial charge < -0.3 is 10.2 Å². The summed E-state index contributed by atoms with van der Waals surface area (Å²) >= 11 is 0.